The Morgan fingerprint density at radius 3 is 2.41 bits per heavy atom. The van der Waals surface area contributed by atoms with Crippen LogP contribution in [-0.4, -0.2) is 23.2 Å². The third kappa shape index (κ3) is 3.38. The van der Waals surface area contributed by atoms with Crippen LogP contribution in [0.5, 0.6) is 5.75 Å². The van der Waals surface area contributed by atoms with Gasteiger partial charge >= 0.3 is 5.97 Å². The number of nitrogens with zero attached hydrogens (tertiary/aromatic N) is 1. The smallest absolute Gasteiger partial charge is 0.359 e. The molecule has 0 atom stereocenters. The number of ether oxygens (including phenoxy) is 2. The normalized spacial score (nSPS) is 10.8. The van der Waals surface area contributed by atoms with Crippen LogP contribution in [0.1, 0.15) is 31.3 Å². The zero-order chi connectivity index (χ0) is 16.3. The van der Waals surface area contributed by atoms with Gasteiger partial charge in [-0.2, -0.15) is 0 Å². The predicted octanol–water partition coefficient (Wildman–Crippen LogP) is 4.97. The molecule has 0 aliphatic rings. The van der Waals surface area contributed by atoms with Crippen molar-refractivity contribution in [3.8, 4) is 11.4 Å². The quantitative estimate of drug-likeness (QED) is 0.629. The minimum Gasteiger partial charge on any atom is -0.487 e. The second kappa shape index (κ2) is 7.33. The lowest BCUT2D eigenvalue weighted by Gasteiger charge is -2.13. The summed E-state index contributed by atoms with van der Waals surface area (Å²) >= 11 is 7.02. The van der Waals surface area contributed by atoms with Crippen molar-refractivity contribution in [2.75, 3.05) is 6.61 Å². The number of halogens is 2. The third-order valence-electron chi connectivity index (χ3n) is 2.85. The zero-order valence-electron chi connectivity index (χ0n) is 12.6. The molecule has 0 fully saturated rings. The van der Waals surface area contributed by atoms with Crippen LogP contribution >= 0.6 is 31.9 Å². The Kier molecular flexibility index (Phi) is 5.69. The van der Waals surface area contributed by atoms with E-state index in [1.165, 1.54) is 0 Å². The van der Waals surface area contributed by atoms with Gasteiger partial charge in [0.2, 0.25) is 0 Å². The van der Waals surface area contributed by atoms with Gasteiger partial charge in [0.05, 0.1) is 17.2 Å². The molecule has 6 heteroatoms. The van der Waals surface area contributed by atoms with Crippen molar-refractivity contribution in [3.05, 3.63) is 45.1 Å². The molecule has 0 amide bonds. The van der Waals surface area contributed by atoms with Crippen molar-refractivity contribution in [1.82, 2.24) is 4.57 Å². The summed E-state index contributed by atoms with van der Waals surface area (Å²) in [7, 11) is 0. The van der Waals surface area contributed by atoms with Gasteiger partial charge in [-0.05, 0) is 64.8 Å². The Bertz CT molecular complexity index is 666. The van der Waals surface area contributed by atoms with E-state index in [9.17, 15) is 4.79 Å². The van der Waals surface area contributed by atoms with Gasteiger partial charge in [-0.1, -0.05) is 18.2 Å². The van der Waals surface area contributed by atoms with Gasteiger partial charge in [-0.15, -0.1) is 0 Å². The Morgan fingerprint density at radius 1 is 1.23 bits per heavy atom. The molecule has 2 aromatic rings. The topological polar surface area (TPSA) is 40.5 Å². The van der Waals surface area contributed by atoms with Gasteiger partial charge in [-0.3, -0.25) is 4.57 Å². The highest BCUT2D eigenvalue weighted by atomic mass is 79.9. The summed E-state index contributed by atoms with van der Waals surface area (Å²) in [5.41, 5.74) is 1.21. The minimum atomic E-state index is -0.423. The van der Waals surface area contributed by atoms with E-state index >= 15 is 0 Å². The Labute approximate surface area is 146 Å². The summed E-state index contributed by atoms with van der Waals surface area (Å²) in [6, 6.07) is 9.57. The summed E-state index contributed by atoms with van der Waals surface area (Å²) in [4.78, 5) is 12.4. The number of carbonyl (C=O) groups excluding carboxylic acids is 1. The highest BCUT2D eigenvalue weighted by molar-refractivity contribution is 9.13. The molecule has 118 valence electrons. The van der Waals surface area contributed by atoms with Crippen LogP contribution in [0.15, 0.2) is 39.4 Å². The van der Waals surface area contributed by atoms with Gasteiger partial charge in [0, 0.05) is 5.69 Å². The summed E-state index contributed by atoms with van der Waals surface area (Å²) in [6.07, 6.45) is -0.0667. The number of esters is 1. The van der Waals surface area contributed by atoms with E-state index in [2.05, 4.69) is 31.9 Å². The van der Waals surface area contributed by atoms with Crippen LogP contribution in [0, 0.1) is 0 Å². The molecule has 1 heterocycles. The average molecular weight is 431 g/mol. The van der Waals surface area contributed by atoms with E-state index in [0.29, 0.717) is 27.1 Å². The number of hydrogen-bond acceptors (Lipinski definition) is 3. The average Bonchev–Trinajstić information content (AvgIpc) is 2.73. The molecule has 22 heavy (non-hydrogen) atoms. The lowest BCUT2D eigenvalue weighted by molar-refractivity contribution is 0.0510. The summed E-state index contributed by atoms with van der Waals surface area (Å²) in [5, 5.41) is 0. The van der Waals surface area contributed by atoms with Crippen molar-refractivity contribution in [2.24, 2.45) is 0 Å². The number of rotatable bonds is 5. The maximum atomic E-state index is 12.4. The van der Waals surface area contributed by atoms with Crippen LogP contribution in [-0.2, 0) is 4.74 Å². The van der Waals surface area contributed by atoms with E-state index in [1.807, 2.05) is 44.2 Å². The highest BCUT2D eigenvalue weighted by Gasteiger charge is 2.29. The van der Waals surface area contributed by atoms with E-state index in [4.69, 9.17) is 9.47 Å². The maximum absolute atomic E-state index is 12.4. The third-order valence-corrected chi connectivity index (χ3v) is 4.87. The van der Waals surface area contributed by atoms with Gasteiger partial charge < -0.3 is 9.47 Å². The fourth-order valence-corrected chi connectivity index (χ4v) is 3.06. The van der Waals surface area contributed by atoms with Crippen LogP contribution in [0.3, 0.4) is 0 Å². The summed E-state index contributed by atoms with van der Waals surface area (Å²) < 4.78 is 14.2. The first-order valence-corrected chi connectivity index (χ1v) is 8.54. The Hall–Kier alpha value is -1.27. The number of hydrogen-bond donors (Lipinski definition) is 0. The molecule has 0 radical (unpaired) electrons. The maximum Gasteiger partial charge on any atom is 0.359 e. The number of benzene rings is 1. The largest absolute Gasteiger partial charge is 0.487 e. The lowest BCUT2D eigenvalue weighted by Crippen LogP contribution is -2.15. The van der Waals surface area contributed by atoms with Crippen LogP contribution in [0.25, 0.3) is 5.69 Å². The minimum absolute atomic E-state index is 0.0667. The molecule has 2 rings (SSSR count). The van der Waals surface area contributed by atoms with Crippen molar-refractivity contribution < 1.29 is 14.3 Å². The predicted molar refractivity (Wildman–Crippen MR) is 92.9 cm³/mol. The van der Waals surface area contributed by atoms with Crippen LogP contribution in [0.4, 0.5) is 0 Å². The standard InChI is InChI=1S/C16H17Br2NO3/c1-4-21-16(20)13-14(22-10(2)3)12(17)15(18)19(13)11-8-6-5-7-9-11/h5-10H,4H2,1-3H3. The molecular weight excluding hydrogens is 414 g/mol. The van der Waals surface area contributed by atoms with E-state index in [0.717, 1.165) is 5.69 Å². The first-order valence-electron chi connectivity index (χ1n) is 6.96. The molecule has 1 aromatic carbocycles. The molecule has 0 bridgehead atoms. The second-order valence-electron chi connectivity index (χ2n) is 4.84. The summed E-state index contributed by atoms with van der Waals surface area (Å²) in [6.45, 7) is 5.90. The summed E-state index contributed by atoms with van der Waals surface area (Å²) in [5.74, 6) is 0.0533. The van der Waals surface area contributed by atoms with Crippen molar-refractivity contribution in [3.63, 3.8) is 0 Å². The fourth-order valence-electron chi connectivity index (χ4n) is 2.04. The van der Waals surface area contributed by atoms with Crippen LogP contribution < -0.4 is 4.74 Å². The number of carbonyl (C=O) groups is 1. The molecule has 0 aliphatic heterocycles. The van der Waals surface area contributed by atoms with Crippen molar-refractivity contribution in [1.29, 1.82) is 0 Å². The van der Waals surface area contributed by atoms with Gasteiger partial charge in [0.25, 0.3) is 0 Å². The number of para-hydroxylation sites is 1. The molecule has 0 unspecified atom stereocenters. The molecule has 0 spiro atoms. The van der Waals surface area contributed by atoms with E-state index < -0.39 is 5.97 Å². The molecule has 0 saturated heterocycles. The molecule has 0 saturated carbocycles. The molecular formula is C16H17Br2NO3. The monoisotopic (exact) mass is 429 g/mol. The second-order valence-corrected chi connectivity index (χ2v) is 6.38. The van der Waals surface area contributed by atoms with Crippen molar-refractivity contribution >= 4 is 37.8 Å². The van der Waals surface area contributed by atoms with Gasteiger partial charge in [0.15, 0.2) is 11.4 Å². The molecule has 0 N–H and O–H groups in total. The number of aromatic nitrogens is 1. The lowest BCUT2D eigenvalue weighted by atomic mass is 10.3. The first kappa shape index (κ1) is 17.1. The van der Waals surface area contributed by atoms with Crippen molar-refractivity contribution in [2.45, 2.75) is 26.9 Å². The van der Waals surface area contributed by atoms with Crippen LogP contribution in [0.2, 0.25) is 0 Å². The SMILES string of the molecule is CCOC(=O)c1c(OC(C)C)c(Br)c(Br)n1-c1ccccc1. The highest BCUT2D eigenvalue weighted by Crippen LogP contribution is 2.41. The molecule has 1 aromatic heterocycles. The zero-order valence-corrected chi connectivity index (χ0v) is 15.8. The van der Waals surface area contributed by atoms with Gasteiger partial charge in [0.1, 0.15) is 4.60 Å². The first-order chi connectivity index (χ1) is 10.5. The Morgan fingerprint density at radius 2 is 1.86 bits per heavy atom. The van der Waals surface area contributed by atoms with E-state index in [1.54, 1.807) is 11.5 Å². The van der Waals surface area contributed by atoms with Gasteiger partial charge in [-0.25, -0.2) is 4.79 Å². The van der Waals surface area contributed by atoms with E-state index in [-0.39, 0.29) is 6.10 Å². The fraction of sp³-hybridized carbons (Fsp3) is 0.312. The molecule has 0 aliphatic carbocycles. The molecule has 4 nitrogen and oxygen atoms in total. The Balaban J connectivity index is 2.68.